The molecule has 0 saturated carbocycles. The van der Waals surface area contributed by atoms with Gasteiger partial charge in [-0.3, -0.25) is 0 Å². The lowest BCUT2D eigenvalue weighted by molar-refractivity contribution is 0.399. The Kier molecular flexibility index (Phi) is 5.81. The lowest BCUT2D eigenvalue weighted by Crippen LogP contribution is -2.39. The molecule has 1 N–H and O–H groups in total. The number of aromatic nitrogens is 2. The van der Waals surface area contributed by atoms with Gasteiger partial charge in [-0.05, 0) is 74.8 Å². The highest BCUT2D eigenvalue weighted by atomic mass is 32.2. The second kappa shape index (κ2) is 7.94. The van der Waals surface area contributed by atoms with Gasteiger partial charge in [0.25, 0.3) is 0 Å². The molecule has 146 valence electrons. The summed E-state index contributed by atoms with van der Waals surface area (Å²) in [6.45, 7) is 9.85. The second-order valence-electron chi connectivity index (χ2n) is 7.42. The van der Waals surface area contributed by atoms with Gasteiger partial charge in [-0.2, -0.15) is 0 Å². The first-order valence-electron chi connectivity index (χ1n) is 9.38. The zero-order valence-electron chi connectivity index (χ0n) is 16.5. The summed E-state index contributed by atoms with van der Waals surface area (Å²) in [6.07, 6.45) is 5.34. The van der Waals surface area contributed by atoms with Gasteiger partial charge in [-0.25, -0.2) is 23.1 Å². The van der Waals surface area contributed by atoms with Crippen molar-refractivity contribution >= 4 is 16.0 Å². The highest BCUT2D eigenvalue weighted by Gasteiger charge is 2.25. The lowest BCUT2D eigenvalue weighted by Gasteiger charge is -2.32. The normalized spacial score (nSPS) is 15.9. The molecule has 1 aliphatic rings. The number of piperidine rings is 1. The first kappa shape index (κ1) is 19.8. The number of anilines is 1. The van der Waals surface area contributed by atoms with Crippen LogP contribution in [-0.4, -0.2) is 38.0 Å². The van der Waals surface area contributed by atoms with E-state index < -0.39 is 10.0 Å². The predicted molar refractivity (Wildman–Crippen MR) is 108 cm³/mol. The molecule has 7 heteroatoms. The van der Waals surface area contributed by atoms with Crippen LogP contribution in [0.5, 0.6) is 0 Å². The molecule has 27 heavy (non-hydrogen) atoms. The highest BCUT2D eigenvalue weighted by Crippen LogP contribution is 2.26. The molecule has 0 bridgehead atoms. The number of benzene rings is 1. The number of hydrogen-bond donors (Lipinski definition) is 1. The van der Waals surface area contributed by atoms with Crippen molar-refractivity contribution in [2.24, 2.45) is 5.92 Å². The lowest BCUT2D eigenvalue weighted by atomic mass is 9.97. The number of rotatable bonds is 5. The van der Waals surface area contributed by atoms with E-state index in [-0.39, 0.29) is 0 Å². The summed E-state index contributed by atoms with van der Waals surface area (Å²) >= 11 is 0. The Morgan fingerprint density at radius 1 is 1.04 bits per heavy atom. The molecule has 3 rings (SSSR count). The van der Waals surface area contributed by atoms with Gasteiger partial charge in [0.2, 0.25) is 16.0 Å². The molecule has 0 radical (unpaired) electrons. The molecule has 1 fully saturated rings. The Hall–Kier alpha value is -1.99. The smallest absolute Gasteiger partial charge is 0.241 e. The third-order valence-corrected chi connectivity index (χ3v) is 7.27. The summed E-state index contributed by atoms with van der Waals surface area (Å²) in [5.41, 5.74) is 3.69. The molecule has 0 atom stereocenters. The van der Waals surface area contributed by atoms with Crippen LogP contribution in [0, 0.1) is 33.6 Å². The van der Waals surface area contributed by atoms with Crippen molar-refractivity contribution in [3.8, 4) is 0 Å². The fourth-order valence-electron chi connectivity index (χ4n) is 3.68. The molecule has 1 saturated heterocycles. The van der Waals surface area contributed by atoms with E-state index in [9.17, 15) is 8.42 Å². The quantitative estimate of drug-likeness (QED) is 0.852. The zero-order valence-corrected chi connectivity index (χ0v) is 17.3. The van der Waals surface area contributed by atoms with Gasteiger partial charge in [-0.1, -0.05) is 6.07 Å². The number of aryl methyl sites for hydroxylation is 2. The Morgan fingerprint density at radius 3 is 2.15 bits per heavy atom. The molecule has 0 spiro atoms. The molecule has 1 aromatic heterocycles. The minimum atomic E-state index is -3.52. The maximum Gasteiger partial charge on any atom is 0.241 e. The van der Waals surface area contributed by atoms with Gasteiger partial charge in [0.15, 0.2) is 0 Å². The fourth-order valence-corrected chi connectivity index (χ4v) is 5.40. The second-order valence-corrected chi connectivity index (χ2v) is 9.12. The first-order valence-corrected chi connectivity index (χ1v) is 10.9. The Labute approximate surface area is 162 Å². The average molecular weight is 389 g/mol. The van der Waals surface area contributed by atoms with Crippen LogP contribution in [0.25, 0.3) is 0 Å². The van der Waals surface area contributed by atoms with Gasteiger partial charge in [0.05, 0.1) is 4.90 Å². The van der Waals surface area contributed by atoms with Crippen molar-refractivity contribution in [1.29, 1.82) is 0 Å². The van der Waals surface area contributed by atoms with Crippen LogP contribution in [0.4, 0.5) is 5.95 Å². The van der Waals surface area contributed by atoms with Crippen molar-refractivity contribution in [1.82, 2.24) is 14.7 Å². The van der Waals surface area contributed by atoms with E-state index in [0.717, 1.165) is 54.1 Å². The van der Waals surface area contributed by atoms with Gasteiger partial charge in [0.1, 0.15) is 0 Å². The Balaban J connectivity index is 1.64. The fraction of sp³-hybridized carbons (Fsp3) is 0.500. The van der Waals surface area contributed by atoms with E-state index in [0.29, 0.717) is 17.4 Å². The van der Waals surface area contributed by atoms with Gasteiger partial charge in [-0.15, -0.1) is 0 Å². The molecule has 6 nitrogen and oxygen atoms in total. The third-order valence-electron chi connectivity index (χ3n) is 5.58. The summed E-state index contributed by atoms with van der Waals surface area (Å²) in [5, 5.41) is 0. The van der Waals surface area contributed by atoms with E-state index in [1.165, 1.54) is 0 Å². The largest absolute Gasteiger partial charge is 0.341 e. The molecule has 1 aromatic carbocycles. The van der Waals surface area contributed by atoms with Crippen molar-refractivity contribution in [2.45, 2.75) is 45.4 Å². The molecule has 0 unspecified atom stereocenters. The van der Waals surface area contributed by atoms with Crippen LogP contribution in [0.3, 0.4) is 0 Å². The average Bonchev–Trinajstić information content (AvgIpc) is 2.66. The zero-order chi connectivity index (χ0) is 19.6. The molecular weight excluding hydrogens is 360 g/mol. The highest BCUT2D eigenvalue weighted by molar-refractivity contribution is 7.89. The van der Waals surface area contributed by atoms with Crippen LogP contribution < -0.4 is 9.62 Å². The van der Waals surface area contributed by atoms with Crippen LogP contribution in [0.1, 0.15) is 35.1 Å². The van der Waals surface area contributed by atoms with Crippen LogP contribution >= 0.6 is 0 Å². The van der Waals surface area contributed by atoms with E-state index in [2.05, 4.69) is 19.6 Å². The van der Waals surface area contributed by atoms with E-state index in [1.807, 2.05) is 39.8 Å². The molecule has 2 heterocycles. The monoisotopic (exact) mass is 388 g/mol. The van der Waals surface area contributed by atoms with Crippen LogP contribution in [-0.2, 0) is 10.0 Å². The minimum Gasteiger partial charge on any atom is -0.341 e. The molecule has 0 aliphatic carbocycles. The van der Waals surface area contributed by atoms with Gasteiger partial charge >= 0.3 is 0 Å². The number of hydrogen-bond acceptors (Lipinski definition) is 5. The van der Waals surface area contributed by atoms with Crippen molar-refractivity contribution in [3.63, 3.8) is 0 Å². The first-order chi connectivity index (χ1) is 12.8. The molecule has 1 aliphatic heterocycles. The maximum absolute atomic E-state index is 13.0. The van der Waals surface area contributed by atoms with Crippen molar-refractivity contribution < 1.29 is 8.42 Å². The SMILES string of the molecule is Cc1cc(C)c(C)c(S(=O)(=O)NCC2CCN(c3ncccn3)CC2)c1C. The van der Waals surface area contributed by atoms with Gasteiger partial charge < -0.3 is 4.90 Å². The van der Waals surface area contributed by atoms with Gasteiger partial charge in [0, 0.05) is 32.0 Å². The standard InChI is InChI=1S/C20H28N4O2S/c1-14-12-15(2)17(4)19(16(14)3)27(25,26)23-13-18-6-10-24(11-7-18)20-21-8-5-9-22-20/h5,8-9,12,18,23H,6-7,10-11,13H2,1-4H3. The number of sulfonamides is 1. The van der Waals surface area contributed by atoms with Crippen molar-refractivity contribution in [3.05, 3.63) is 46.8 Å². The minimum absolute atomic E-state index is 0.325. The Morgan fingerprint density at radius 2 is 1.59 bits per heavy atom. The molecular formula is C20H28N4O2S. The summed E-state index contributed by atoms with van der Waals surface area (Å²) in [7, 11) is -3.52. The van der Waals surface area contributed by atoms with Crippen LogP contribution in [0.2, 0.25) is 0 Å². The number of nitrogens with zero attached hydrogens (tertiary/aromatic N) is 3. The van der Waals surface area contributed by atoms with Crippen molar-refractivity contribution in [2.75, 3.05) is 24.5 Å². The molecule has 2 aromatic rings. The predicted octanol–water partition coefficient (Wildman–Crippen LogP) is 2.91. The summed E-state index contributed by atoms with van der Waals surface area (Å²) < 4.78 is 28.8. The third kappa shape index (κ3) is 4.30. The van der Waals surface area contributed by atoms with Crippen LogP contribution in [0.15, 0.2) is 29.4 Å². The summed E-state index contributed by atoms with van der Waals surface area (Å²) in [6, 6.07) is 3.85. The van der Waals surface area contributed by atoms with E-state index in [4.69, 9.17) is 0 Å². The summed E-state index contributed by atoms with van der Waals surface area (Å²) in [4.78, 5) is 11.2. The Bertz CT molecular complexity index is 879. The molecule has 0 amide bonds. The van der Waals surface area contributed by atoms with E-state index in [1.54, 1.807) is 12.4 Å². The summed E-state index contributed by atoms with van der Waals surface area (Å²) in [5.74, 6) is 1.07. The van der Waals surface area contributed by atoms with E-state index >= 15 is 0 Å². The number of nitrogens with one attached hydrogen (secondary N) is 1. The maximum atomic E-state index is 13.0. The topological polar surface area (TPSA) is 75.2 Å².